The van der Waals surface area contributed by atoms with Gasteiger partial charge in [0, 0.05) is 18.7 Å². The van der Waals surface area contributed by atoms with Crippen molar-refractivity contribution in [2.45, 2.75) is 52.4 Å². The number of aromatic nitrogens is 2. The van der Waals surface area contributed by atoms with Crippen LogP contribution in [-0.4, -0.2) is 50.1 Å². The van der Waals surface area contributed by atoms with Crippen molar-refractivity contribution in [3.63, 3.8) is 0 Å². The molecule has 0 aromatic carbocycles. The minimum absolute atomic E-state index is 0.00827. The third kappa shape index (κ3) is 6.11. The van der Waals surface area contributed by atoms with E-state index in [1.165, 1.54) is 21.1 Å². The smallest absolute Gasteiger partial charge is 0.271 e. The summed E-state index contributed by atoms with van der Waals surface area (Å²) in [7, 11) is 0. The third-order valence-electron chi connectivity index (χ3n) is 5.62. The molecule has 34 heavy (non-hydrogen) atoms. The molecule has 1 N–H and O–H groups in total. The summed E-state index contributed by atoms with van der Waals surface area (Å²) >= 11 is 6.61. The number of nitrogens with zero attached hydrogens (tertiary/aromatic N) is 3. The number of rotatable bonds is 12. The molecule has 10 heteroatoms. The quantitative estimate of drug-likeness (QED) is 0.267. The van der Waals surface area contributed by atoms with Gasteiger partial charge in [-0.3, -0.25) is 23.8 Å². The third-order valence-corrected chi connectivity index (χ3v) is 7.00. The molecule has 1 aliphatic rings. The zero-order valence-corrected chi connectivity index (χ0v) is 21.2. The Balaban J connectivity index is 1.94. The molecule has 0 unspecified atom stereocenters. The molecule has 0 bridgehead atoms. The largest absolute Gasteiger partial charge is 0.550 e. The van der Waals surface area contributed by atoms with Gasteiger partial charge in [-0.25, -0.2) is 0 Å². The molecular weight excluding hydrogens is 472 g/mol. The monoisotopic (exact) mass is 502 g/mol. The minimum Gasteiger partial charge on any atom is -0.550 e. The number of hydrogen-bond donors (Lipinski definition) is 1. The lowest BCUT2D eigenvalue weighted by Gasteiger charge is -2.19. The van der Waals surface area contributed by atoms with Gasteiger partial charge in [-0.15, -0.1) is 0 Å². The van der Waals surface area contributed by atoms with Crippen LogP contribution in [0.2, 0.25) is 0 Å². The van der Waals surface area contributed by atoms with Crippen LogP contribution in [0.3, 0.4) is 0 Å². The minimum atomic E-state index is -1.07. The number of quaternary nitrogens is 1. The molecule has 1 fully saturated rings. The van der Waals surface area contributed by atoms with Crippen molar-refractivity contribution in [2.75, 3.05) is 19.6 Å². The number of thioether (sulfide) groups is 1. The van der Waals surface area contributed by atoms with E-state index in [1.54, 1.807) is 18.3 Å². The van der Waals surface area contributed by atoms with E-state index in [9.17, 15) is 19.5 Å². The molecule has 0 saturated carbocycles. The number of carbonyl (C=O) groups is 2. The average molecular weight is 503 g/mol. The van der Waals surface area contributed by atoms with E-state index in [0.29, 0.717) is 52.1 Å². The maximum Gasteiger partial charge on any atom is 0.271 e. The fourth-order valence-electron chi connectivity index (χ4n) is 4.01. The predicted octanol–water partition coefficient (Wildman–Crippen LogP) is 1.54. The van der Waals surface area contributed by atoms with Gasteiger partial charge in [0.2, 0.25) is 5.82 Å². The van der Waals surface area contributed by atoms with Gasteiger partial charge in [-0.05, 0) is 50.3 Å². The van der Waals surface area contributed by atoms with Crippen LogP contribution in [-0.2, 0) is 9.59 Å². The number of aliphatic carboxylic acids is 1. The Morgan fingerprint density at radius 2 is 1.91 bits per heavy atom. The number of hydrogen-bond acceptors (Lipinski definition) is 7. The van der Waals surface area contributed by atoms with Gasteiger partial charge in [-0.2, -0.15) is 4.98 Å². The highest BCUT2D eigenvalue weighted by Crippen LogP contribution is 2.33. The standard InChI is InChI=1S/C24H30N4O4S2/c1-3-12-26(13-4-2)21-17(22(31)27-14-9-7-10-19(27)25-21)16-18-23(32)28(24(33)34-18)15-8-5-6-11-20(29)30/h7,9-10,14,16H,3-6,8,11-13,15H2,1-2H3,(H,29,30). The van der Waals surface area contributed by atoms with E-state index < -0.39 is 5.97 Å². The number of amides is 1. The van der Waals surface area contributed by atoms with Crippen molar-refractivity contribution in [2.24, 2.45) is 0 Å². The van der Waals surface area contributed by atoms with Crippen LogP contribution in [0.15, 0.2) is 34.1 Å². The molecule has 1 aliphatic heterocycles. The van der Waals surface area contributed by atoms with Crippen LogP contribution >= 0.6 is 24.0 Å². The van der Waals surface area contributed by atoms with Gasteiger partial charge in [0.05, 0.1) is 18.0 Å². The van der Waals surface area contributed by atoms with Crippen LogP contribution < -0.4 is 15.6 Å². The van der Waals surface area contributed by atoms with E-state index in [4.69, 9.17) is 17.2 Å². The number of unbranched alkanes of at least 4 members (excludes halogenated alkanes) is 2. The van der Waals surface area contributed by atoms with Gasteiger partial charge in [-0.1, -0.05) is 50.3 Å². The number of carbonyl (C=O) groups excluding carboxylic acids is 2. The van der Waals surface area contributed by atoms with Crippen molar-refractivity contribution in [1.82, 2.24) is 14.3 Å². The van der Waals surface area contributed by atoms with E-state index in [-0.39, 0.29) is 17.9 Å². The first-order chi connectivity index (χ1) is 16.4. The summed E-state index contributed by atoms with van der Waals surface area (Å²) in [6.45, 7) is 6.27. The van der Waals surface area contributed by atoms with E-state index in [0.717, 1.165) is 30.8 Å². The van der Waals surface area contributed by atoms with Crippen LogP contribution in [0.25, 0.3) is 11.7 Å². The molecule has 182 valence electrons. The first-order valence-electron chi connectivity index (χ1n) is 11.7. The second kappa shape index (κ2) is 12.2. The van der Waals surface area contributed by atoms with Gasteiger partial charge >= 0.3 is 0 Å². The summed E-state index contributed by atoms with van der Waals surface area (Å²) in [4.78, 5) is 45.0. The Hall–Kier alpha value is -2.56. The van der Waals surface area contributed by atoms with Crippen molar-refractivity contribution >= 4 is 57.7 Å². The molecule has 8 nitrogen and oxygen atoms in total. The molecule has 0 atom stereocenters. The second-order valence-corrected chi connectivity index (χ2v) is 9.90. The van der Waals surface area contributed by atoms with Gasteiger partial charge < -0.3 is 9.90 Å². The molecule has 3 heterocycles. The lowest BCUT2D eigenvalue weighted by atomic mass is 10.2. The second-order valence-electron chi connectivity index (χ2n) is 8.23. The highest BCUT2D eigenvalue weighted by molar-refractivity contribution is 8.26. The summed E-state index contributed by atoms with van der Waals surface area (Å²) in [5.74, 6) is -0.639. The van der Waals surface area contributed by atoms with E-state index in [2.05, 4.69) is 13.8 Å². The Morgan fingerprint density at radius 1 is 1.18 bits per heavy atom. The Kier molecular flexibility index (Phi) is 9.37. The molecule has 0 spiro atoms. The molecule has 0 aliphatic carbocycles. The predicted molar refractivity (Wildman–Crippen MR) is 136 cm³/mol. The van der Waals surface area contributed by atoms with E-state index in [1.807, 2.05) is 12.1 Å². The number of thiocarbonyl (C=S) groups is 1. The molecule has 0 radical (unpaired) electrons. The van der Waals surface area contributed by atoms with Crippen LogP contribution in [0.1, 0.15) is 57.9 Å². The molecular formula is C24H30N4O4S2. The Bertz CT molecular complexity index is 1160. The van der Waals surface area contributed by atoms with Crippen LogP contribution in [0.4, 0.5) is 5.82 Å². The molecule has 1 saturated heterocycles. The van der Waals surface area contributed by atoms with Crippen molar-refractivity contribution < 1.29 is 19.6 Å². The maximum absolute atomic E-state index is 13.5. The maximum atomic E-state index is 13.5. The first-order valence-corrected chi connectivity index (χ1v) is 12.9. The summed E-state index contributed by atoms with van der Waals surface area (Å²) in [5.41, 5.74) is 0.779. The zero-order chi connectivity index (χ0) is 24.7. The molecule has 3 rings (SSSR count). The number of carboxylic acids is 1. The van der Waals surface area contributed by atoms with Crippen molar-refractivity contribution in [1.29, 1.82) is 0 Å². The fraction of sp³-hybridized carbons (Fsp3) is 0.458. The average Bonchev–Trinajstić information content (AvgIpc) is 3.07. The Labute approximate surface area is 208 Å². The highest BCUT2D eigenvalue weighted by atomic mass is 32.2. The summed E-state index contributed by atoms with van der Waals surface area (Å²) < 4.78 is 1.95. The Morgan fingerprint density at radius 3 is 2.59 bits per heavy atom. The summed E-state index contributed by atoms with van der Waals surface area (Å²) in [5, 5.41) is 10.6. The number of carboxylic acid groups (broad SMARTS) is 1. The van der Waals surface area contributed by atoms with Gasteiger partial charge in [0.25, 0.3) is 11.5 Å². The highest BCUT2D eigenvalue weighted by Gasteiger charge is 2.33. The van der Waals surface area contributed by atoms with Crippen molar-refractivity contribution in [3.05, 3.63) is 45.2 Å². The van der Waals surface area contributed by atoms with Crippen LogP contribution in [0, 0.1) is 0 Å². The lowest BCUT2D eigenvalue weighted by molar-refractivity contribution is -0.835. The molecule has 2 aromatic rings. The normalized spacial score (nSPS) is 15.3. The number of fused-ring (bicyclic) bond motifs is 1. The van der Waals surface area contributed by atoms with E-state index >= 15 is 0 Å². The van der Waals surface area contributed by atoms with Crippen LogP contribution in [0.5, 0.6) is 0 Å². The van der Waals surface area contributed by atoms with Gasteiger partial charge in [0.15, 0.2) is 0 Å². The molecule has 2 aromatic heterocycles. The molecule has 1 amide bonds. The zero-order valence-electron chi connectivity index (χ0n) is 19.5. The fourth-order valence-corrected chi connectivity index (χ4v) is 5.30. The number of pyridine rings is 1. The first kappa shape index (κ1) is 26.1. The summed E-state index contributed by atoms with van der Waals surface area (Å²) in [6, 6.07) is 5.44. The summed E-state index contributed by atoms with van der Waals surface area (Å²) in [6.07, 6.45) is 7.01. The number of nitrogens with one attached hydrogen (secondary N) is 1. The SMILES string of the molecule is CCC[NH+](CCC)c1nc2ccccn2c(=O)c1C=C1SC(=S)N(CCCCCC(=O)[O-])C1=O. The topological polar surface area (TPSA) is 99.2 Å². The van der Waals surface area contributed by atoms with Crippen molar-refractivity contribution in [3.8, 4) is 0 Å². The van der Waals surface area contributed by atoms with Gasteiger partial charge in [0.1, 0.15) is 15.5 Å². The lowest BCUT2D eigenvalue weighted by Crippen LogP contribution is -3.07.